The Morgan fingerprint density at radius 2 is 2.21 bits per heavy atom. The van der Waals surface area contributed by atoms with Gasteiger partial charge in [0.2, 0.25) is 0 Å². The largest absolute Gasteiger partial charge is 0.380 e. The molecule has 0 aliphatic heterocycles. The summed E-state index contributed by atoms with van der Waals surface area (Å²) in [5, 5.41) is 3.78. The van der Waals surface area contributed by atoms with Crippen LogP contribution < -0.4 is 5.32 Å². The van der Waals surface area contributed by atoms with Gasteiger partial charge in [-0.25, -0.2) is 0 Å². The van der Waals surface area contributed by atoms with Crippen LogP contribution in [0, 0.1) is 0 Å². The van der Waals surface area contributed by atoms with Gasteiger partial charge in [0.1, 0.15) is 0 Å². The lowest BCUT2D eigenvalue weighted by Gasteiger charge is -2.10. The Morgan fingerprint density at radius 1 is 1.50 bits per heavy atom. The number of hydrogen-bond acceptors (Lipinski definition) is 2. The first-order valence-corrected chi connectivity index (χ1v) is 4.76. The van der Waals surface area contributed by atoms with Crippen LogP contribution in [-0.4, -0.2) is 13.7 Å². The Bertz CT molecular complexity index is 312. The third-order valence-corrected chi connectivity index (χ3v) is 1.92. The van der Waals surface area contributed by atoms with E-state index in [4.69, 9.17) is 16.3 Å². The molecule has 2 nitrogen and oxygen atoms in total. The maximum atomic E-state index is 5.67. The van der Waals surface area contributed by atoms with Gasteiger partial charge in [0.25, 0.3) is 0 Å². The van der Waals surface area contributed by atoms with Crippen LogP contribution in [0.2, 0.25) is 0 Å². The average molecular weight is 212 g/mol. The normalized spacial score (nSPS) is 9.86. The van der Waals surface area contributed by atoms with Crippen LogP contribution in [0.3, 0.4) is 0 Å². The van der Waals surface area contributed by atoms with Crippen molar-refractivity contribution in [3.05, 3.63) is 41.4 Å². The van der Waals surface area contributed by atoms with E-state index < -0.39 is 0 Å². The molecule has 0 aliphatic rings. The predicted octanol–water partition coefficient (Wildman–Crippen LogP) is 3.00. The van der Waals surface area contributed by atoms with E-state index in [-0.39, 0.29) is 0 Å². The molecule has 0 saturated heterocycles. The molecule has 0 spiro atoms. The zero-order chi connectivity index (χ0) is 10.4. The number of rotatable bonds is 5. The summed E-state index contributed by atoms with van der Waals surface area (Å²) < 4.78 is 5.08. The van der Waals surface area contributed by atoms with Crippen molar-refractivity contribution < 1.29 is 4.74 Å². The van der Waals surface area contributed by atoms with Gasteiger partial charge in [-0.3, -0.25) is 0 Å². The number of nitrogens with one attached hydrogen (secondary N) is 1. The fourth-order valence-corrected chi connectivity index (χ4v) is 1.23. The molecule has 3 heteroatoms. The van der Waals surface area contributed by atoms with Crippen LogP contribution in [0.4, 0.5) is 5.69 Å². The number of hydrogen-bond donors (Lipinski definition) is 1. The molecule has 1 rings (SSSR count). The molecule has 0 saturated carbocycles. The molecule has 0 radical (unpaired) electrons. The molecule has 0 amide bonds. The van der Waals surface area contributed by atoms with Gasteiger partial charge in [0.15, 0.2) is 0 Å². The van der Waals surface area contributed by atoms with Gasteiger partial charge in [-0.05, 0) is 6.07 Å². The van der Waals surface area contributed by atoms with E-state index in [2.05, 4.69) is 11.9 Å². The summed E-state index contributed by atoms with van der Waals surface area (Å²) in [7, 11) is 1.68. The van der Waals surface area contributed by atoms with Crippen molar-refractivity contribution in [3.63, 3.8) is 0 Å². The van der Waals surface area contributed by atoms with E-state index >= 15 is 0 Å². The lowest BCUT2D eigenvalue weighted by atomic mass is 10.2. The van der Waals surface area contributed by atoms with Gasteiger partial charge in [-0.2, -0.15) is 0 Å². The second-order valence-corrected chi connectivity index (χ2v) is 3.50. The lowest BCUT2D eigenvalue weighted by Crippen LogP contribution is -2.04. The minimum absolute atomic E-state index is 0.572. The van der Waals surface area contributed by atoms with Crippen molar-refractivity contribution in [1.82, 2.24) is 0 Å². The standard InChI is InChI=1S/C11H14ClNO/c1-9(12)7-13-11-6-4-3-5-10(11)8-14-2/h3-6,13H,1,7-8H2,2H3. The van der Waals surface area contributed by atoms with Crippen LogP contribution >= 0.6 is 11.6 Å². The first kappa shape index (κ1) is 11.1. The highest BCUT2D eigenvalue weighted by Crippen LogP contribution is 2.16. The van der Waals surface area contributed by atoms with Crippen molar-refractivity contribution in [2.24, 2.45) is 0 Å². The highest BCUT2D eigenvalue weighted by molar-refractivity contribution is 6.29. The first-order valence-electron chi connectivity index (χ1n) is 4.38. The van der Waals surface area contributed by atoms with Crippen molar-refractivity contribution in [1.29, 1.82) is 0 Å². The molecular weight excluding hydrogens is 198 g/mol. The summed E-state index contributed by atoms with van der Waals surface area (Å²) in [4.78, 5) is 0. The third-order valence-electron chi connectivity index (χ3n) is 1.79. The molecule has 0 heterocycles. The Labute approximate surface area is 89.5 Å². The highest BCUT2D eigenvalue weighted by Gasteiger charge is 1.99. The van der Waals surface area contributed by atoms with Gasteiger partial charge in [0, 0.05) is 23.4 Å². The Kier molecular flexibility index (Phi) is 4.50. The molecule has 0 aromatic heterocycles. The van der Waals surface area contributed by atoms with E-state index in [1.54, 1.807) is 7.11 Å². The van der Waals surface area contributed by atoms with Gasteiger partial charge >= 0.3 is 0 Å². The molecule has 0 fully saturated rings. The molecule has 14 heavy (non-hydrogen) atoms. The number of benzene rings is 1. The fourth-order valence-electron chi connectivity index (χ4n) is 1.17. The molecule has 0 bridgehead atoms. The number of para-hydroxylation sites is 1. The quantitative estimate of drug-likeness (QED) is 0.809. The average Bonchev–Trinajstić information content (AvgIpc) is 2.17. The molecule has 1 aromatic rings. The van der Waals surface area contributed by atoms with Crippen molar-refractivity contribution in [2.45, 2.75) is 6.61 Å². The number of ether oxygens (including phenoxy) is 1. The van der Waals surface area contributed by atoms with Gasteiger partial charge in [0.05, 0.1) is 13.2 Å². The van der Waals surface area contributed by atoms with Crippen LogP contribution in [0.25, 0.3) is 0 Å². The molecule has 1 N–H and O–H groups in total. The zero-order valence-corrected chi connectivity index (χ0v) is 8.97. The maximum absolute atomic E-state index is 5.67. The minimum atomic E-state index is 0.572. The number of methoxy groups -OCH3 is 1. The lowest BCUT2D eigenvalue weighted by molar-refractivity contribution is 0.185. The highest BCUT2D eigenvalue weighted by atomic mass is 35.5. The van der Waals surface area contributed by atoms with E-state index in [1.807, 2.05) is 24.3 Å². The molecule has 0 unspecified atom stereocenters. The smallest absolute Gasteiger partial charge is 0.0733 e. The SMILES string of the molecule is C=C(Cl)CNc1ccccc1COC. The monoisotopic (exact) mass is 211 g/mol. The Balaban J connectivity index is 2.68. The molecule has 0 atom stereocenters. The van der Waals surface area contributed by atoms with Crippen molar-refractivity contribution in [3.8, 4) is 0 Å². The third kappa shape index (κ3) is 3.40. The van der Waals surface area contributed by atoms with Gasteiger partial charge in [-0.1, -0.05) is 36.4 Å². The van der Waals surface area contributed by atoms with Gasteiger partial charge < -0.3 is 10.1 Å². The summed E-state index contributed by atoms with van der Waals surface area (Å²) in [5.74, 6) is 0. The fraction of sp³-hybridized carbons (Fsp3) is 0.273. The first-order chi connectivity index (χ1) is 6.74. The predicted molar refractivity (Wildman–Crippen MR) is 60.6 cm³/mol. The van der Waals surface area contributed by atoms with Crippen LogP contribution in [0.15, 0.2) is 35.9 Å². The Hall–Kier alpha value is -0.990. The van der Waals surface area contributed by atoms with E-state index in [0.717, 1.165) is 11.3 Å². The van der Waals surface area contributed by atoms with E-state index in [0.29, 0.717) is 18.2 Å². The van der Waals surface area contributed by atoms with Crippen LogP contribution in [0.5, 0.6) is 0 Å². The van der Waals surface area contributed by atoms with Crippen LogP contribution in [-0.2, 0) is 11.3 Å². The summed E-state index contributed by atoms with van der Waals surface area (Å²) in [6.07, 6.45) is 0. The summed E-state index contributed by atoms with van der Waals surface area (Å²) >= 11 is 5.67. The molecular formula is C11H14ClNO. The molecule has 0 aliphatic carbocycles. The Morgan fingerprint density at radius 3 is 2.86 bits per heavy atom. The molecule has 1 aromatic carbocycles. The second kappa shape index (κ2) is 5.68. The maximum Gasteiger partial charge on any atom is 0.0733 e. The summed E-state index contributed by atoms with van der Waals surface area (Å²) in [6.45, 7) is 4.78. The molecule has 76 valence electrons. The number of anilines is 1. The summed E-state index contributed by atoms with van der Waals surface area (Å²) in [5.41, 5.74) is 2.16. The zero-order valence-electron chi connectivity index (χ0n) is 8.22. The van der Waals surface area contributed by atoms with Crippen molar-refractivity contribution >= 4 is 17.3 Å². The van der Waals surface area contributed by atoms with E-state index in [1.165, 1.54) is 0 Å². The van der Waals surface area contributed by atoms with Crippen LogP contribution in [0.1, 0.15) is 5.56 Å². The van der Waals surface area contributed by atoms with E-state index in [9.17, 15) is 0 Å². The topological polar surface area (TPSA) is 21.3 Å². The van der Waals surface area contributed by atoms with Gasteiger partial charge in [-0.15, -0.1) is 0 Å². The minimum Gasteiger partial charge on any atom is -0.380 e. The summed E-state index contributed by atoms with van der Waals surface area (Å²) in [6, 6.07) is 7.96. The van der Waals surface area contributed by atoms with Crippen molar-refractivity contribution in [2.75, 3.05) is 19.0 Å². The second-order valence-electron chi connectivity index (χ2n) is 2.96. The number of halogens is 1.